The van der Waals surface area contributed by atoms with E-state index in [1.807, 2.05) is 66.4 Å². The Morgan fingerprint density at radius 3 is 2.47 bits per heavy atom. The number of para-hydroxylation sites is 1. The molecule has 3 fully saturated rings. The van der Waals surface area contributed by atoms with Gasteiger partial charge in [-0.05, 0) is 56.4 Å². The number of carbonyl (C=O) groups is 3. The van der Waals surface area contributed by atoms with Crippen molar-refractivity contribution in [2.45, 2.75) is 44.2 Å². The molecule has 0 bridgehead atoms. The van der Waals surface area contributed by atoms with Crippen molar-refractivity contribution in [3.8, 4) is 0 Å². The fourth-order valence-electron chi connectivity index (χ4n) is 5.65. The molecule has 0 radical (unpaired) electrons. The van der Waals surface area contributed by atoms with E-state index in [1.54, 1.807) is 4.90 Å². The highest BCUT2D eigenvalue weighted by Crippen LogP contribution is 2.39. The summed E-state index contributed by atoms with van der Waals surface area (Å²) in [5.74, 6) is -0.206. The van der Waals surface area contributed by atoms with Gasteiger partial charge in [-0.1, -0.05) is 36.4 Å². The number of rotatable bonds is 6. The first-order chi connectivity index (χ1) is 17.5. The third kappa shape index (κ3) is 4.69. The van der Waals surface area contributed by atoms with E-state index < -0.39 is 5.54 Å². The van der Waals surface area contributed by atoms with E-state index in [4.69, 9.17) is 4.74 Å². The van der Waals surface area contributed by atoms with E-state index in [-0.39, 0.29) is 30.4 Å². The Hall–Kier alpha value is -3.39. The van der Waals surface area contributed by atoms with E-state index in [9.17, 15) is 14.4 Å². The molecule has 3 saturated heterocycles. The predicted molar refractivity (Wildman–Crippen MR) is 137 cm³/mol. The topological polar surface area (TPSA) is 82.2 Å². The molecule has 3 aliphatic rings. The quantitative estimate of drug-likeness (QED) is 0.673. The molecule has 1 spiro atoms. The highest BCUT2D eigenvalue weighted by Gasteiger charge is 2.54. The van der Waals surface area contributed by atoms with Gasteiger partial charge in [0.2, 0.25) is 5.91 Å². The zero-order valence-corrected chi connectivity index (χ0v) is 20.8. The maximum Gasteiger partial charge on any atom is 0.254 e. The summed E-state index contributed by atoms with van der Waals surface area (Å²) in [6.07, 6.45) is 3.07. The van der Waals surface area contributed by atoms with Gasteiger partial charge in [0.15, 0.2) is 0 Å². The molecule has 3 heterocycles. The number of amides is 3. The van der Waals surface area contributed by atoms with Gasteiger partial charge in [-0.15, -0.1) is 0 Å². The third-order valence-electron chi connectivity index (χ3n) is 7.72. The molecule has 5 rings (SSSR count). The minimum atomic E-state index is -0.765. The number of aryl methyl sites for hydroxylation is 1. The minimum Gasteiger partial charge on any atom is -0.376 e. The number of carbonyl (C=O) groups excluding carboxylic acids is 3. The SMILES string of the molecule is Cc1ccccc1C(=O)N1CCC2(CC1)C(=O)N(CC(=O)NCC1CCCO1)CN2c1ccccc1. The van der Waals surface area contributed by atoms with Gasteiger partial charge in [-0.3, -0.25) is 14.4 Å². The number of likely N-dealkylation sites (tertiary alicyclic amines) is 1. The first-order valence-electron chi connectivity index (χ1n) is 12.8. The second-order valence-corrected chi connectivity index (χ2v) is 9.99. The summed E-state index contributed by atoms with van der Waals surface area (Å²) < 4.78 is 5.59. The van der Waals surface area contributed by atoms with Gasteiger partial charge >= 0.3 is 0 Å². The first-order valence-corrected chi connectivity index (χ1v) is 12.8. The van der Waals surface area contributed by atoms with Crippen LogP contribution in [0.15, 0.2) is 54.6 Å². The first kappa shape index (κ1) is 24.3. The molecule has 1 unspecified atom stereocenters. The molecule has 1 N–H and O–H groups in total. The van der Waals surface area contributed by atoms with Crippen LogP contribution in [0.2, 0.25) is 0 Å². The molecule has 2 aromatic carbocycles. The lowest BCUT2D eigenvalue weighted by Crippen LogP contribution is -2.57. The van der Waals surface area contributed by atoms with Crippen LogP contribution in [0.4, 0.5) is 5.69 Å². The van der Waals surface area contributed by atoms with Crippen LogP contribution in [-0.4, -0.2) is 78.6 Å². The molecular formula is C28H34N4O4. The number of benzene rings is 2. The summed E-state index contributed by atoms with van der Waals surface area (Å²) in [6.45, 7) is 4.50. The second-order valence-electron chi connectivity index (χ2n) is 9.99. The number of hydrogen-bond donors (Lipinski definition) is 1. The van der Waals surface area contributed by atoms with Crippen molar-refractivity contribution < 1.29 is 19.1 Å². The van der Waals surface area contributed by atoms with Crippen molar-refractivity contribution in [1.82, 2.24) is 15.1 Å². The van der Waals surface area contributed by atoms with E-state index >= 15 is 0 Å². The van der Waals surface area contributed by atoms with Crippen molar-refractivity contribution in [3.05, 3.63) is 65.7 Å². The van der Waals surface area contributed by atoms with E-state index in [0.29, 0.717) is 44.7 Å². The highest BCUT2D eigenvalue weighted by molar-refractivity contribution is 5.98. The fourth-order valence-corrected chi connectivity index (χ4v) is 5.65. The Labute approximate surface area is 212 Å². The van der Waals surface area contributed by atoms with Gasteiger partial charge in [-0.2, -0.15) is 0 Å². The van der Waals surface area contributed by atoms with Crippen LogP contribution in [0.3, 0.4) is 0 Å². The summed E-state index contributed by atoms with van der Waals surface area (Å²) in [7, 11) is 0. The summed E-state index contributed by atoms with van der Waals surface area (Å²) in [5, 5.41) is 2.93. The number of nitrogens with zero attached hydrogens (tertiary/aromatic N) is 3. The molecule has 36 heavy (non-hydrogen) atoms. The van der Waals surface area contributed by atoms with Crippen molar-refractivity contribution in [3.63, 3.8) is 0 Å². The molecule has 3 aliphatic heterocycles. The lowest BCUT2D eigenvalue weighted by molar-refractivity contribution is -0.137. The summed E-state index contributed by atoms with van der Waals surface area (Å²) in [4.78, 5) is 45.4. The van der Waals surface area contributed by atoms with Crippen LogP contribution < -0.4 is 10.2 Å². The molecule has 2 aromatic rings. The lowest BCUT2D eigenvalue weighted by atomic mass is 9.85. The van der Waals surface area contributed by atoms with Crippen molar-refractivity contribution >= 4 is 23.4 Å². The van der Waals surface area contributed by atoms with Gasteiger partial charge < -0.3 is 24.8 Å². The Morgan fingerprint density at radius 2 is 1.78 bits per heavy atom. The van der Waals surface area contributed by atoms with Gasteiger partial charge in [0.1, 0.15) is 12.1 Å². The number of piperidine rings is 1. The van der Waals surface area contributed by atoms with Crippen LogP contribution in [0, 0.1) is 6.92 Å². The smallest absolute Gasteiger partial charge is 0.254 e. The molecule has 8 heteroatoms. The Balaban J connectivity index is 1.30. The zero-order valence-electron chi connectivity index (χ0n) is 20.8. The Morgan fingerprint density at radius 1 is 1.06 bits per heavy atom. The largest absolute Gasteiger partial charge is 0.376 e. The van der Waals surface area contributed by atoms with E-state index in [2.05, 4.69) is 10.2 Å². The summed E-state index contributed by atoms with van der Waals surface area (Å²) in [6, 6.07) is 17.5. The average molecular weight is 491 g/mol. The van der Waals surface area contributed by atoms with E-state index in [0.717, 1.165) is 30.7 Å². The Kier molecular flexibility index (Phi) is 6.96. The van der Waals surface area contributed by atoms with Crippen molar-refractivity contribution in [2.75, 3.05) is 44.4 Å². The van der Waals surface area contributed by atoms with Crippen LogP contribution >= 0.6 is 0 Å². The number of anilines is 1. The fraction of sp³-hybridized carbons (Fsp3) is 0.464. The van der Waals surface area contributed by atoms with Crippen molar-refractivity contribution in [2.24, 2.45) is 0 Å². The number of hydrogen-bond acceptors (Lipinski definition) is 5. The Bertz CT molecular complexity index is 1110. The van der Waals surface area contributed by atoms with Crippen LogP contribution in [0.25, 0.3) is 0 Å². The monoisotopic (exact) mass is 490 g/mol. The third-order valence-corrected chi connectivity index (χ3v) is 7.72. The molecule has 0 saturated carbocycles. The molecular weight excluding hydrogens is 456 g/mol. The van der Waals surface area contributed by atoms with Crippen LogP contribution in [0.5, 0.6) is 0 Å². The van der Waals surface area contributed by atoms with Gasteiger partial charge in [-0.25, -0.2) is 0 Å². The second kappa shape index (κ2) is 10.3. The summed E-state index contributed by atoms with van der Waals surface area (Å²) in [5.41, 5.74) is 1.84. The molecule has 190 valence electrons. The normalized spacial score (nSPS) is 21.3. The average Bonchev–Trinajstić information content (AvgIpc) is 3.52. The lowest BCUT2D eigenvalue weighted by Gasteiger charge is -2.43. The summed E-state index contributed by atoms with van der Waals surface area (Å²) >= 11 is 0. The van der Waals surface area contributed by atoms with Gasteiger partial charge in [0, 0.05) is 37.5 Å². The molecule has 0 aromatic heterocycles. The minimum absolute atomic E-state index is 0.00465. The maximum absolute atomic E-state index is 13.8. The maximum atomic E-state index is 13.8. The number of nitrogens with one attached hydrogen (secondary N) is 1. The van der Waals surface area contributed by atoms with Crippen LogP contribution in [0.1, 0.15) is 41.6 Å². The molecule has 0 aliphatic carbocycles. The van der Waals surface area contributed by atoms with Crippen LogP contribution in [-0.2, 0) is 14.3 Å². The van der Waals surface area contributed by atoms with E-state index in [1.165, 1.54) is 0 Å². The zero-order chi connectivity index (χ0) is 25.1. The molecule has 3 amide bonds. The number of ether oxygens (including phenoxy) is 1. The van der Waals surface area contributed by atoms with Gasteiger partial charge in [0.25, 0.3) is 11.8 Å². The molecule has 1 atom stereocenters. The standard InChI is InChI=1S/C28H34N4O4/c1-21-8-5-6-12-24(21)26(34)30-15-13-28(14-16-30)27(35)31(20-32(28)22-9-3-2-4-10-22)19-25(33)29-18-23-11-7-17-36-23/h2-6,8-10,12,23H,7,11,13-20H2,1H3,(H,29,33). The van der Waals surface area contributed by atoms with Crippen molar-refractivity contribution in [1.29, 1.82) is 0 Å². The van der Waals surface area contributed by atoms with Gasteiger partial charge in [0.05, 0.1) is 12.8 Å². The predicted octanol–water partition coefficient (Wildman–Crippen LogP) is 2.57. The highest BCUT2D eigenvalue weighted by atomic mass is 16.5. The molecule has 8 nitrogen and oxygen atoms in total.